The molecule has 78 valence electrons. The summed E-state index contributed by atoms with van der Waals surface area (Å²) in [7, 11) is 0. The summed E-state index contributed by atoms with van der Waals surface area (Å²) < 4.78 is 1.03. The van der Waals surface area contributed by atoms with Gasteiger partial charge in [0.25, 0.3) is 0 Å². The van der Waals surface area contributed by atoms with Gasteiger partial charge in [-0.05, 0) is 18.6 Å². The number of fused-ring (bicyclic) bond motifs is 1. The molecule has 0 atom stereocenters. The van der Waals surface area contributed by atoms with E-state index >= 15 is 0 Å². The van der Waals surface area contributed by atoms with E-state index in [1.165, 1.54) is 11.3 Å². The SMILES string of the molecule is O=C(CCCO)c1nc2ccccc2s1. The predicted octanol–water partition coefficient (Wildman–Crippen LogP) is 2.25. The molecule has 1 N–H and O–H groups in total. The van der Waals surface area contributed by atoms with Gasteiger partial charge in [-0.1, -0.05) is 12.1 Å². The van der Waals surface area contributed by atoms with E-state index in [9.17, 15) is 4.79 Å². The molecule has 3 nitrogen and oxygen atoms in total. The summed E-state index contributed by atoms with van der Waals surface area (Å²) in [5.41, 5.74) is 0.870. The van der Waals surface area contributed by atoms with Gasteiger partial charge in [-0.2, -0.15) is 0 Å². The van der Waals surface area contributed by atoms with Crippen LogP contribution in [0.1, 0.15) is 22.6 Å². The number of ketones is 1. The minimum atomic E-state index is 0.0188. The molecule has 2 rings (SSSR count). The zero-order chi connectivity index (χ0) is 10.7. The zero-order valence-corrected chi connectivity index (χ0v) is 8.96. The smallest absolute Gasteiger partial charge is 0.191 e. The van der Waals surface area contributed by atoms with Crippen molar-refractivity contribution in [3.63, 3.8) is 0 Å². The summed E-state index contributed by atoms with van der Waals surface area (Å²) in [6.07, 6.45) is 0.880. The van der Waals surface area contributed by atoms with E-state index in [0.717, 1.165) is 10.2 Å². The Morgan fingerprint density at radius 3 is 2.93 bits per heavy atom. The van der Waals surface area contributed by atoms with Crippen molar-refractivity contribution >= 4 is 27.3 Å². The molecule has 0 bridgehead atoms. The lowest BCUT2D eigenvalue weighted by molar-refractivity contribution is 0.0971. The number of nitrogens with zero attached hydrogens (tertiary/aromatic N) is 1. The third-order valence-electron chi connectivity index (χ3n) is 2.09. The minimum absolute atomic E-state index is 0.0188. The summed E-state index contributed by atoms with van der Waals surface area (Å²) >= 11 is 1.41. The van der Waals surface area contributed by atoms with Crippen LogP contribution in [0.25, 0.3) is 10.2 Å². The molecule has 0 aliphatic rings. The molecular formula is C11H11NO2S. The van der Waals surface area contributed by atoms with Gasteiger partial charge in [0.2, 0.25) is 0 Å². The van der Waals surface area contributed by atoms with Crippen molar-refractivity contribution < 1.29 is 9.90 Å². The number of benzene rings is 1. The number of para-hydroxylation sites is 1. The van der Waals surface area contributed by atoms with Crippen molar-refractivity contribution in [2.24, 2.45) is 0 Å². The van der Waals surface area contributed by atoms with Crippen LogP contribution >= 0.6 is 11.3 Å². The number of aliphatic hydroxyl groups excluding tert-OH is 1. The topological polar surface area (TPSA) is 50.2 Å². The van der Waals surface area contributed by atoms with E-state index < -0.39 is 0 Å². The molecule has 0 spiro atoms. The maximum absolute atomic E-state index is 11.6. The molecule has 0 fully saturated rings. The van der Waals surface area contributed by atoms with E-state index in [-0.39, 0.29) is 12.4 Å². The van der Waals surface area contributed by atoms with E-state index in [2.05, 4.69) is 4.98 Å². The second kappa shape index (κ2) is 4.51. The van der Waals surface area contributed by atoms with Crippen molar-refractivity contribution in [3.05, 3.63) is 29.3 Å². The highest BCUT2D eigenvalue weighted by molar-refractivity contribution is 7.20. The number of hydrogen-bond donors (Lipinski definition) is 1. The number of aliphatic hydroxyl groups is 1. The minimum Gasteiger partial charge on any atom is -0.396 e. The summed E-state index contributed by atoms with van der Waals surface area (Å²) in [6.45, 7) is 0.0522. The molecule has 0 unspecified atom stereocenters. The Morgan fingerprint density at radius 1 is 1.40 bits per heavy atom. The van der Waals surface area contributed by atoms with Gasteiger partial charge < -0.3 is 5.11 Å². The van der Waals surface area contributed by atoms with Crippen LogP contribution in [0.4, 0.5) is 0 Å². The fourth-order valence-corrected chi connectivity index (χ4v) is 2.27. The highest BCUT2D eigenvalue weighted by Gasteiger charge is 2.10. The average Bonchev–Trinajstić information content (AvgIpc) is 2.69. The van der Waals surface area contributed by atoms with Crippen LogP contribution in [0.15, 0.2) is 24.3 Å². The zero-order valence-electron chi connectivity index (χ0n) is 8.14. The Hall–Kier alpha value is -1.26. The average molecular weight is 221 g/mol. The van der Waals surface area contributed by atoms with Crippen LogP contribution in [-0.2, 0) is 0 Å². The van der Waals surface area contributed by atoms with E-state index in [0.29, 0.717) is 17.8 Å². The first-order valence-electron chi connectivity index (χ1n) is 4.81. The number of thiazole rings is 1. The number of aromatic nitrogens is 1. The van der Waals surface area contributed by atoms with Crippen molar-refractivity contribution in [1.29, 1.82) is 0 Å². The second-order valence-electron chi connectivity index (χ2n) is 3.24. The standard InChI is InChI=1S/C11H11NO2S/c13-7-3-5-9(14)11-12-8-4-1-2-6-10(8)15-11/h1-2,4,6,13H,3,5,7H2. The lowest BCUT2D eigenvalue weighted by Gasteiger charge is -1.92. The van der Waals surface area contributed by atoms with Crippen LogP contribution < -0.4 is 0 Å². The Morgan fingerprint density at radius 2 is 2.20 bits per heavy atom. The van der Waals surface area contributed by atoms with Crippen LogP contribution in [0.3, 0.4) is 0 Å². The molecule has 2 aromatic rings. The molecule has 15 heavy (non-hydrogen) atoms. The fourth-order valence-electron chi connectivity index (χ4n) is 1.34. The Bertz CT molecular complexity index is 445. The second-order valence-corrected chi connectivity index (χ2v) is 4.27. The van der Waals surface area contributed by atoms with E-state index in [4.69, 9.17) is 5.11 Å². The maximum Gasteiger partial charge on any atom is 0.191 e. The van der Waals surface area contributed by atoms with Gasteiger partial charge in [-0.15, -0.1) is 11.3 Å². The molecule has 0 aliphatic heterocycles. The van der Waals surface area contributed by atoms with Crippen molar-refractivity contribution in [3.8, 4) is 0 Å². The third-order valence-corrected chi connectivity index (χ3v) is 3.17. The first kappa shape index (κ1) is 10.3. The monoisotopic (exact) mass is 221 g/mol. The Kier molecular flexibility index (Phi) is 3.08. The van der Waals surface area contributed by atoms with Crippen LogP contribution in [0.2, 0.25) is 0 Å². The molecule has 0 amide bonds. The molecule has 0 aliphatic carbocycles. The lowest BCUT2D eigenvalue weighted by atomic mass is 10.2. The molecule has 0 saturated carbocycles. The highest BCUT2D eigenvalue weighted by atomic mass is 32.1. The van der Waals surface area contributed by atoms with Gasteiger partial charge in [0.15, 0.2) is 10.8 Å². The quantitative estimate of drug-likeness (QED) is 0.805. The molecular weight excluding hydrogens is 210 g/mol. The molecule has 1 aromatic carbocycles. The van der Waals surface area contributed by atoms with Crippen LogP contribution in [0, 0.1) is 0 Å². The molecule has 0 saturated heterocycles. The summed E-state index contributed by atoms with van der Waals surface area (Å²) in [4.78, 5) is 15.9. The molecule has 1 heterocycles. The number of hydrogen-bond acceptors (Lipinski definition) is 4. The Labute approximate surface area is 91.4 Å². The van der Waals surface area contributed by atoms with E-state index in [1.54, 1.807) is 0 Å². The van der Waals surface area contributed by atoms with Gasteiger partial charge in [0, 0.05) is 13.0 Å². The largest absolute Gasteiger partial charge is 0.396 e. The van der Waals surface area contributed by atoms with Gasteiger partial charge in [0.05, 0.1) is 10.2 Å². The Balaban J connectivity index is 2.25. The number of carbonyl (C=O) groups is 1. The highest BCUT2D eigenvalue weighted by Crippen LogP contribution is 2.22. The van der Waals surface area contributed by atoms with Gasteiger partial charge in [0.1, 0.15) is 0 Å². The first-order chi connectivity index (χ1) is 7.31. The van der Waals surface area contributed by atoms with Crippen molar-refractivity contribution in [1.82, 2.24) is 4.98 Å². The number of carbonyl (C=O) groups excluding carboxylic acids is 1. The lowest BCUT2D eigenvalue weighted by Crippen LogP contribution is -1.99. The first-order valence-corrected chi connectivity index (χ1v) is 5.62. The van der Waals surface area contributed by atoms with Crippen molar-refractivity contribution in [2.45, 2.75) is 12.8 Å². The molecule has 4 heteroatoms. The number of rotatable bonds is 4. The van der Waals surface area contributed by atoms with Crippen molar-refractivity contribution in [2.75, 3.05) is 6.61 Å². The van der Waals surface area contributed by atoms with Crippen LogP contribution in [-0.4, -0.2) is 22.5 Å². The van der Waals surface area contributed by atoms with Gasteiger partial charge in [-0.25, -0.2) is 4.98 Å². The third kappa shape index (κ3) is 2.22. The summed E-state index contributed by atoms with van der Waals surface area (Å²) in [5, 5.41) is 9.18. The molecule has 0 radical (unpaired) electrons. The summed E-state index contributed by atoms with van der Waals surface area (Å²) in [5.74, 6) is 0.0188. The van der Waals surface area contributed by atoms with Crippen LogP contribution in [0.5, 0.6) is 0 Å². The summed E-state index contributed by atoms with van der Waals surface area (Å²) in [6, 6.07) is 7.69. The number of Topliss-reactive ketones (excluding diaryl/α,β-unsaturated/α-hetero) is 1. The fraction of sp³-hybridized carbons (Fsp3) is 0.273. The van der Waals surface area contributed by atoms with E-state index in [1.807, 2.05) is 24.3 Å². The maximum atomic E-state index is 11.6. The predicted molar refractivity (Wildman–Crippen MR) is 60.3 cm³/mol. The van der Waals surface area contributed by atoms with Gasteiger partial charge in [-0.3, -0.25) is 4.79 Å². The van der Waals surface area contributed by atoms with Gasteiger partial charge >= 0.3 is 0 Å². The normalized spacial score (nSPS) is 10.7. The molecule has 1 aromatic heterocycles.